The van der Waals surface area contributed by atoms with Gasteiger partial charge < -0.3 is 9.73 Å². The predicted octanol–water partition coefficient (Wildman–Crippen LogP) is 1.45. The van der Waals surface area contributed by atoms with Gasteiger partial charge in [0.15, 0.2) is 0 Å². The monoisotopic (exact) mass is 260 g/mol. The predicted molar refractivity (Wildman–Crippen MR) is 69.1 cm³/mol. The number of rotatable bonds is 5. The molecule has 100 valence electrons. The van der Waals surface area contributed by atoms with Crippen molar-refractivity contribution in [3.63, 3.8) is 0 Å². The summed E-state index contributed by atoms with van der Waals surface area (Å²) in [6.07, 6.45) is 3.86. The lowest BCUT2D eigenvalue weighted by atomic mass is 10.2. The highest BCUT2D eigenvalue weighted by atomic mass is 16.4. The third-order valence-corrected chi connectivity index (χ3v) is 2.56. The average molecular weight is 260 g/mol. The summed E-state index contributed by atoms with van der Waals surface area (Å²) in [5, 5.41) is 10.7. The van der Waals surface area contributed by atoms with E-state index >= 15 is 0 Å². The molecule has 0 aliphatic rings. The molecule has 1 N–H and O–H groups in total. The van der Waals surface area contributed by atoms with Crippen molar-refractivity contribution in [1.29, 1.82) is 0 Å². The van der Waals surface area contributed by atoms with Crippen molar-refractivity contribution in [2.75, 3.05) is 6.54 Å². The molecule has 0 bridgehead atoms. The van der Waals surface area contributed by atoms with Gasteiger partial charge in [0.1, 0.15) is 0 Å². The van der Waals surface area contributed by atoms with Gasteiger partial charge in [0.25, 0.3) is 0 Å². The lowest BCUT2D eigenvalue weighted by Gasteiger charge is -2.05. The fraction of sp³-hybridized carbons (Fsp3) is 0.385. The van der Waals surface area contributed by atoms with Gasteiger partial charge in [-0.2, -0.15) is 0 Å². The van der Waals surface area contributed by atoms with Crippen molar-refractivity contribution in [3.8, 4) is 11.5 Å². The second-order valence-corrected chi connectivity index (χ2v) is 4.43. The van der Waals surface area contributed by atoms with Gasteiger partial charge in [-0.15, -0.1) is 10.2 Å². The molecule has 0 unspecified atom stereocenters. The lowest BCUT2D eigenvalue weighted by molar-refractivity contribution is -0.123. The van der Waals surface area contributed by atoms with Crippen LogP contribution in [0.15, 0.2) is 28.9 Å². The van der Waals surface area contributed by atoms with Gasteiger partial charge in [0, 0.05) is 36.8 Å². The molecule has 0 aromatic carbocycles. The Morgan fingerprint density at radius 1 is 1.32 bits per heavy atom. The number of hydrogen-bond donors (Lipinski definition) is 1. The summed E-state index contributed by atoms with van der Waals surface area (Å²) in [6.45, 7) is 4.20. The maximum absolute atomic E-state index is 11.4. The van der Waals surface area contributed by atoms with E-state index in [1.807, 2.05) is 13.8 Å². The third kappa shape index (κ3) is 3.61. The fourth-order valence-corrected chi connectivity index (χ4v) is 1.46. The molecule has 6 nitrogen and oxygen atoms in total. The SMILES string of the molecule is CC(C)C(=O)NCCc1nnc(-c2ccncc2)o1. The van der Waals surface area contributed by atoms with E-state index in [1.165, 1.54) is 0 Å². The first kappa shape index (κ1) is 13.2. The largest absolute Gasteiger partial charge is 0.421 e. The van der Waals surface area contributed by atoms with E-state index in [-0.39, 0.29) is 11.8 Å². The van der Waals surface area contributed by atoms with Crippen molar-refractivity contribution in [2.45, 2.75) is 20.3 Å². The quantitative estimate of drug-likeness (QED) is 0.879. The standard InChI is InChI=1S/C13H16N4O2/c1-9(2)12(18)15-8-5-11-16-17-13(19-11)10-3-6-14-7-4-10/h3-4,6-7,9H,5,8H2,1-2H3,(H,15,18). The Bertz CT molecular complexity index is 537. The molecular weight excluding hydrogens is 244 g/mol. The number of carbonyl (C=O) groups excluding carboxylic acids is 1. The van der Waals surface area contributed by atoms with Gasteiger partial charge in [-0.3, -0.25) is 9.78 Å². The number of nitrogens with one attached hydrogen (secondary N) is 1. The molecule has 0 saturated carbocycles. The molecule has 0 radical (unpaired) electrons. The Hall–Kier alpha value is -2.24. The second-order valence-electron chi connectivity index (χ2n) is 4.43. The van der Waals surface area contributed by atoms with Crippen LogP contribution in [-0.2, 0) is 11.2 Å². The molecule has 0 fully saturated rings. The molecule has 2 aromatic heterocycles. The first-order chi connectivity index (χ1) is 9.16. The van der Waals surface area contributed by atoms with Crippen molar-refractivity contribution in [3.05, 3.63) is 30.4 Å². The summed E-state index contributed by atoms with van der Waals surface area (Å²) < 4.78 is 5.51. The van der Waals surface area contributed by atoms with Gasteiger partial charge in [0.2, 0.25) is 17.7 Å². The van der Waals surface area contributed by atoms with Crippen LogP contribution < -0.4 is 5.32 Å². The van der Waals surface area contributed by atoms with Gasteiger partial charge in [-0.1, -0.05) is 13.8 Å². The van der Waals surface area contributed by atoms with E-state index in [2.05, 4.69) is 20.5 Å². The Morgan fingerprint density at radius 3 is 2.74 bits per heavy atom. The summed E-state index contributed by atoms with van der Waals surface area (Å²) in [4.78, 5) is 15.3. The van der Waals surface area contributed by atoms with Crippen molar-refractivity contribution in [2.24, 2.45) is 5.92 Å². The Balaban J connectivity index is 1.90. The zero-order valence-corrected chi connectivity index (χ0v) is 11.0. The molecule has 0 spiro atoms. The molecule has 0 aliphatic heterocycles. The highest BCUT2D eigenvalue weighted by Crippen LogP contribution is 2.16. The van der Waals surface area contributed by atoms with Crippen LogP contribution in [0.25, 0.3) is 11.5 Å². The summed E-state index contributed by atoms with van der Waals surface area (Å²) >= 11 is 0. The molecule has 1 amide bonds. The summed E-state index contributed by atoms with van der Waals surface area (Å²) in [7, 11) is 0. The highest BCUT2D eigenvalue weighted by molar-refractivity contribution is 5.77. The van der Waals surface area contributed by atoms with E-state index in [1.54, 1.807) is 24.5 Å². The van der Waals surface area contributed by atoms with E-state index in [4.69, 9.17) is 4.42 Å². The van der Waals surface area contributed by atoms with Crippen molar-refractivity contribution in [1.82, 2.24) is 20.5 Å². The summed E-state index contributed by atoms with van der Waals surface area (Å²) in [6, 6.07) is 3.61. The van der Waals surface area contributed by atoms with E-state index < -0.39 is 0 Å². The number of pyridine rings is 1. The molecule has 0 atom stereocenters. The van der Waals surface area contributed by atoms with E-state index in [0.717, 1.165) is 5.56 Å². The zero-order chi connectivity index (χ0) is 13.7. The molecule has 19 heavy (non-hydrogen) atoms. The molecule has 0 aliphatic carbocycles. The molecule has 2 rings (SSSR count). The number of nitrogens with zero attached hydrogens (tertiary/aromatic N) is 3. The maximum atomic E-state index is 11.4. The minimum absolute atomic E-state index is 0.0185. The summed E-state index contributed by atoms with van der Waals surface area (Å²) in [5.41, 5.74) is 0.833. The zero-order valence-electron chi connectivity index (χ0n) is 11.0. The van der Waals surface area contributed by atoms with Gasteiger partial charge in [0.05, 0.1) is 0 Å². The Morgan fingerprint density at radius 2 is 2.05 bits per heavy atom. The minimum Gasteiger partial charge on any atom is -0.421 e. The number of hydrogen-bond acceptors (Lipinski definition) is 5. The molecule has 2 heterocycles. The molecule has 0 saturated heterocycles. The topological polar surface area (TPSA) is 80.9 Å². The van der Waals surface area contributed by atoms with Crippen LogP contribution in [0.3, 0.4) is 0 Å². The van der Waals surface area contributed by atoms with Crippen LogP contribution in [0.4, 0.5) is 0 Å². The van der Waals surface area contributed by atoms with Crippen LogP contribution in [0.1, 0.15) is 19.7 Å². The Labute approximate surface area is 111 Å². The lowest BCUT2D eigenvalue weighted by Crippen LogP contribution is -2.29. The number of carbonyl (C=O) groups is 1. The third-order valence-electron chi connectivity index (χ3n) is 2.56. The number of amides is 1. The fourth-order valence-electron chi connectivity index (χ4n) is 1.46. The Kier molecular flexibility index (Phi) is 4.22. The minimum atomic E-state index is -0.0185. The van der Waals surface area contributed by atoms with Crippen LogP contribution >= 0.6 is 0 Å². The highest BCUT2D eigenvalue weighted by Gasteiger charge is 2.09. The molecule has 2 aromatic rings. The average Bonchev–Trinajstić information content (AvgIpc) is 2.88. The number of aromatic nitrogens is 3. The van der Waals surface area contributed by atoms with Crippen molar-refractivity contribution < 1.29 is 9.21 Å². The van der Waals surface area contributed by atoms with Crippen molar-refractivity contribution >= 4 is 5.91 Å². The summed E-state index contributed by atoms with van der Waals surface area (Å²) in [5.74, 6) is 0.979. The maximum Gasteiger partial charge on any atom is 0.247 e. The van der Waals surface area contributed by atoms with Gasteiger partial charge in [-0.25, -0.2) is 0 Å². The van der Waals surface area contributed by atoms with Crippen LogP contribution in [0.5, 0.6) is 0 Å². The molecular formula is C13H16N4O2. The van der Waals surface area contributed by atoms with Crippen LogP contribution in [-0.4, -0.2) is 27.6 Å². The van der Waals surface area contributed by atoms with Gasteiger partial charge in [-0.05, 0) is 12.1 Å². The van der Waals surface area contributed by atoms with Gasteiger partial charge >= 0.3 is 0 Å². The van der Waals surface area contributed by atoms with E-state index in [9.17, 15) is 4.79 Å². The first-order valence-electron chi connectivity index (χ1n) is 6.17. The van der Waals surface area contributed by atoms with Crippen LogP contribution in [0, 0.1) is 5.92 Å². The smallest absolute Gasteiger partial charge is 0.247 e. The molecule has 6 heteroatoms. The van der Waals surface area contributed by atoms with E-state index in [0.29, 0.717) is 24.7 Å². The normalized spacial score (nSPS) is 10.7. The first-order valence-corrected chi connectivity index (χ1v) is 6.17. The second kappa shape index (κ2) is 6.08. The van der Waals surface area contributed by atoms with Crippen LogP contribution in [0.2, 0.25) is 0 Å².